The fraction of sp³-hybridized carbons (Fsp3) is 0.143. The smallest absolute Gasteiger partial charge is 0.434 e. The van der Waals surface area contributed by atoms with Crippen LogP contribution in [0.15, 0.2) is 65.8 Å². The lowest BCUT2D eigenvalue weighted by molar-refractivity contribution is -0.143. The van der Waals surface area contributed by atoms with E-state index in [1.54, 1.807) is 18.3 Å². The van der Waals surface area contributed by atoms with Crippen LogP contribution < -0.4 is 5.14 Å². The van der Waals surface area contributed by atoms with Gasteiger partial charge in [0.05, 0.1) is 30.4 Å². The number of halogens is 3. The predicted molar refractivity (Wildman–Crippen MR) is 115 cm³/mol. The minimum Gasteiger partial charge on any atom is -0.462 e. The maximum atomic E-state index is 13.7. The number of hydrogen-bond donors (Lipinski definition) is 1. The number of alkyl halides is 3. The standard InChI is InChI=1S/C21H17F3N6O2S/c1-2-32-20(31)17-11-26-30(19(17)21(22,23)24)15-8-6-14(7-9-15)29-12-18(27-28-29)13-4-3-5-16(10-13)33-25/h3-12H,2,25H2,1H3. The third-order valence-corrected chi connectivity index (χ3v) is 5.18. The van der Waals surface area contributed by atoms with Crippen molar-refractivity contribution < 1.29 is 22.7 Å². The van der Waals surface area contributed by atoms with Gasteiger partial charge in [-0.15, -0.1) is 5.10 Å². The molecule has 0 bridgehead atoms. The molecule has 4 rings (SSSR count). The van der Waals surface area contributed by atoms with Crippen LogP contribution in [0.1, 0.15) is 23.0 Å². The van der Waals surface area contributed by atoms with Crippen molar-refractivity contribution in [1.82, 2.24) is 24.8 Å². The van der Waals surface area contributed by atoms with Gasteiger partial charge in [-0.1, -0.05) is 17.3 Å². The molecule has 2 aromatic heterocycles. The maximum absolute atomic E-state index is 13.7. The summed E-state index contributed by atoms with van der Waals surface area (Å²) in [4.78, 5) is 12.8. The van der Waals surface area contributed by atoms with Crippen LogP contribution in [0.5, 0.6) is 0 Å². The molecule has 0 saturated carbocycles. The van der Waals surface area contributed by atoms with Crippen LogP contribution in [0.25, 0.3) is 22.6 Å². The second-order valence-electron chi connectivity index (χ2n) is 6.75. The molecular weight excluding hydrogens is 457 g/mol. The number of nitrogens with zero attached hydrogens (tertiary/aromatic N) is 5. The largest absolute Gasteiger partial charge is 0.462 e. The Kier molecular flexibility index (Phi) is 6.20. The topological polar surface area (TPSA) is 101 Å². The second-order valence-corrected chi connectivity index (χ2v) is 7.45. The van der Waals surface area contributed by atoms with E-state index in [1.807, 2.05) is 24.3 Å². The first-order valence-corrected chi connectivity index (χ1v) is 10.5. The Morgan fingerprint density at radius 1 is 1.15 bits per heavy atom. The molecule has 0 radical (unpaired) electrons. The average molecular weight is 474 g/mol. The summed E-state index contributed by atoms with van der Waals surface area (Å²) in [7, 11) is 0. The van der Waals surface area contributed by atoms with Crippen molar-refractivity contribution in [3.05, 3.63) is 72.2 Å². The molecule has 2 aromatic carbocycles. The Bertz CT molecular complexity index is 1280. The predicted octanol–water partition coefficient (Wildman–Crippen LogP) is 4.28. The molecule has 8 nitrogen and oxygen atoms in total. The summed E-state index contributed by atoms with van der Waals surface area (Å²) in [6.45, 7) is 1.46. The van der Waals surface area contributed by atoms with E-state index in [9.17, 15) is 18.0 Å². The third kappa shape index (κ3) is 4.61. The number of rotatable bonds is 6. The van der Waals surface area contributed by atoms with Crippen molar-refractivity contribution in [2.75, 3.05) is 6.61 Å². The lowest BCUT2D eigenvalue weighted by Gasteiger charge is -2.12. The van der Waals surface area contributed by atoms with Crippen LogP contribution in [-0.4, -0.2) is 37.4 Å². The van der Waals surface area contributed by atoms with E-state index < -0.39 is 23.4 Å². The number of ether oxygens (including phenoxy) is 1. The van der Waals surface area contributed by atoms with E-state index in [2.05, 4.69) is 15.4 Å². The summed E-state index contributed by atoms with van der Waals surface area (Å²) < 4.78 is 48.0. The molecule has 0 spiro atoms. The first-order chi connectivity index (χ1) is 15.8. The number of hydrogen-bond acceptors (Lipinski definition) is 7. The Labute approximate surface area is 190 Å². The minimum absolute atomic E-state index is 0.0503. The summed E-state index contributed by atoms with van der Waals surface area (Å²) in [5.74, 6) is -1.08. The fourth-order valence-electron chi connectivity index (χ4n) is 3.17. The molecule has 0 unspecified atom stereocenters. The lowest BCUT2D eigenvalue weighted by atomic mass is 10.2. The molecule has 0 aliphatic carbocycles. The van der Waals surface area contributed by atoms with E-state index in [4.69, 9.17) is 9.88 Å². The van der Waals surface area contributed by atoms with Crippen molar-refractivity contribution >= 4 is 17.9 Å². The quantitative estimate of drug-likeness (QED) is 0.329. The minimum atomic E-state index is -4.81. The van der Waals surface area contributed by atoms with E-state index in [0.29, 0.717) is 16.1 Å². The first kappa shape index (κ1) is 22.6. The van der Waals surface area contributed by atoms with Gasteiger partial charge in [0.1, 0.15) is 11.3 Å². The molecule has 0 aliphatic heterocycles. The van der Waals surface area contributed by atoms with Gasteiger partial charge in [-0.3, -0.25) is 5.14 Å². The monoisotopic (exact) mass is 474 g/mol. The van der Waals surface area contributed by atoms with Gasteiger partial charge in [-0.2, -0.15) is 18.3 Å². The van der Waals surface area contributed by atoms with Gasteiger partial charge in [0.2, 0.25) is 0 Å². The van der Waals surface area contributed by atoms with E-state index >= 15 is 0 Å². The fourth-order valence-corrected chi connectivity index (χ4v) is 3.52. The number of carbonyl (C=O) groups excluding carboxylic acids is 1. The zero-order valence-electron chi connectivity index (χ0n) is 17.2. The number of benzene rings is 2. The molecule has 2 N–H and O–H groups in total. The maximum Gasteiger partial charge on any atom is 0.434 e. The molecule has 33 heavy (non-hydrogen) atoms. The summed E-state index contributed by atoms with van der Waals surface area (Å²) in [6.07, 6.45) is -2.26. The van der Waals surface area contributed by atoms with Crippen LogP contribution in [0.4, 0.5) is 13.2 Å². The normalized spacial score (nSPS) is 11.5. The molecular formula is C21H17F3N6O2S. The molecule has 0 fully saturated rings. The Morgan fingerprint density at radius 2 is 1.88 bits per heavy atom. The SMILES string of the molecule is CCOC(=O)c1cnn(-c2ccc(-n3cc(-c4cccc(SN)c4)nn3)cc2)c1C(F)(F)F. The summed E-state index contributed by atoms with van der Waals surface area (Å²) in [5, 5.41) is 17.6. The molecule has 0 aliphatic rings. The van der Waals surface area contributed by atoms with Gasteiger partial charge in [-0.25, -0.2) is 14.2 Å². The van der Waals surface area contributed by atoms with Gasteiger partial charge >= 0.3 is 12.1 Å². The van der Waals surface area contributed by atoms with Crippen LogP contribution >= 0.6 is 11.9 Å². The highest BCUT2D eigenvalue weighted by Gasteiger charge is 2.41. The van der Waals surface area contributed by atoms with Crippen LogP contribution in [0.2, 0.25) is 0 Å². The van der Waals surface area contributed by atoms with Gasteiger partial charge in [0, 0.05) is 10.5 Å². The summed E-state index contributed by atoms with van der Waals surface area (Å²) in [6, 6.07) is 13.5. The van der Waals surface area contributed by atoms with Gasteiger partial charge in [0.25, 0.3) is 0 Å². The highest BCUT2D eigenvalue weighted by atomic mass is 32.2. The van der Waals surface area contributed by atoms with Gasteiger partial charge < -0.3 is 4.74 Å². The molecule has 170 valence electrons. The molecule has 0 saturated heterocycles. The molecule has 0 amide bonds. The number of esters is 1. The van der Waals surface area contributed by atoms with E-state index in [0.717, 1.165) is 28.6 Å². The lowest BCUT2D eigenvalue weighted by Crippen LogP contribution is -2.18. The Balaban J connectivity index is 1.65. The molecule has 4 aromatic rings. The molecule has 12 heteroatoms. The first-order valence-electron chi connectivity index (χ1n) is 9.64. The van der Waals surface area contributed by atoms with Crippen molar-refractivity contribution in [2.24, 2.45) is 5.14 Å². The van der Waals surface area contributed by atoms with Crippen molar-refractivity contribution in [3.8, 4) is 22.6 Å². The van der Waals surface area contributed by atoms with Crippen LogP contribution in [0, 0.1) is 0 Å². The molecule has 2 heterocycles. The number of nitrogens with two attached hydrogens (primary N) is 1. The average Bonchev–Trinajstić information content (AvgIpc) is 3.47. The van der Waals surface area contributed by atoms with Crippen molar-refractivity contribution in [1.29, 1.82) is 0 Å². The highest BCUT2D eigenvalue weighted by Crippen LogP contribution is 2.34. The summed E-state index contributed by atoms with van der Waals surface area (Å²) in [5.41, 5.74) is 0.288. The van der Waals surface area contributed by atoms with Gasteiger partial charge in [-0.05, 0) is 55.3 Å². The number of aromatic nitrogens is 5. The number of carbonyl (C=O) groups is 1. The zero-order chi connectivity index (χ0) is 23.6. The zero-order valence-corrected chi connectivity index (χ0v) is 18.0. The second kappa shape index (κ2) is 9.08. The third-order valence-electron chi connectivity index (χ3n) is 4.65. The van der Waals surface area contributed by atoms with Crippen molar-refractivity contribution in [2.45, 2.75) is 18.0 Å². The van der Waals surface area contributed by atoms with Crippen molar-refractivity contribution in [3.63, 3.8) is 0 Å². The summed E-state index contributed by atoms with van der Waals surface area (Å²) >= 11 is 1.12. The Morgan fingerprint density at radius 3 is 2.55 bits per heavy atom. The Hall–Kier alpha value is -3.64. The van der Waals surface area contributed by atoms with Crippen LogP contribution in [-0.2, 0) is 10.9 Å². The van der Waals surface area contributed by atoms with E-state index in [1.165, 1.54) is 23.7 Å². The van der Waals surface area contributed by atoms with E-state index in [-0.39, 0.29) is 12.3 Å². The highest BCUT2D eigenvalue weighted by molar-refractivity contribution is 7.97. The molecule has 0 atom stereocenters. The van der Waals surface area contributed by atoms with Crippen LogP contribution in [0.3, 0.4) is 0 Å². The van der Waals surface area contributed by atoms with Gasteiger partial charge in [0.15, 0.2) is 5.69 Å².